The summed E-state index contributed by atoms with van der Waals surface area (Å²) < 4.78 is 1.00. The van der Waals surface area contributed by atoms with Crippen molar-refractivity contribution in [3.63, 3.8) is 0 Å². The Hall–Kier alpha value is -0.840. The van der Waals surface area contributed by atoms with E-state index in [4.69, 9.17) is 0 Å². The van der Waals surface area contributed by atoms with Crippen molar-refractivity contribution in [2.75, 3.05) is 23.3 Å². The van der Waals surface area contributed by atoms with Crippen molar-refractivity contribution in [3.8, 4) is 0 Å². The van der Waals surface area contributed by atoms with E-state index in [0.717, 1.165) is 35.6 Å². The van der Waals surface area contributed by atoms with E-state index in [1.54, 1.807) is 6.33 Å². The van der Waals surface area contributed by atoms with Crippen LogP contribution in [0.1, 0.15) is 52.4 Å². The van der Waals surface area contributed by atoms with Gasteiger partial charge in [-0.3, -0.25) is 0 Å². The fourth-order valence-electron chi connectivity index (χ4n) is 2.90. The minimum atomic E-state index is 0.624. The molecule has 0 amide bonds. The Morgan fingerprint density at radius 2 is 2.00 bits per heavy atom. The van der Waals surface area contributed by atoms with Gasteiger partial charge in [0.2, 0.25) is 0 Å². The Bertz CT molecular complexity index is 418. The van der Waals surface area contributed by atoms with Crippen molar-refractivity contribution < 1.29 is 0 Å². The van der Waals surface area contributed by atoms with Crippen LogP contribution >= 0.6 is 15.9 Å². The standard InChI is InChI=1S/C15H25BrN4/c1-3-10-17-14-13(16)15(19-11-18-14)20(4-2)12-8-6-5-7-9-12/h11-12H,3-10H2,1-2H3,(H,17,18,19). The molecule has 1 aromatic heterocycles. The van der Waals surface area contributed by atoms with Gasteiger partial charge < -0.3 is 10.2 Å². The Kier molecular flexibility index (Phi) is 6.07. The molecular weight excluding hydrogens is 316 g/mol. The minimum Gasteiger partial charge on any atom is -0.369 e. The number of rotatable bonds is 6. The van der Waals surface area contributed by atoms with E-state index in [9.17, 15) is 0 Å². The SMILES string of the molecule is CCCNc1ncnc(N(CC)C2CCCCC2)c1Br. The molecule has 0 unspecified atom stereocenters. The van der Waals surface area contributed by atoms with E-state index in [2.05, 4.69) is 50.0 Å². The van der Waals surface area contributed by atoms with Crippen molar-refractivity contribution in [3.05, 3.63) is 10.8 Å². The second-order valence-electron chi connectivity index (χ2n) is 5.36. The van der Waals surface area contributed by atoms with Crippen molar-refractivity contribution >= 4 is 27.6 Å². The first-order chi connectivity index (χ1) is 9.77. The molecule has 0 bridgehead atoms. The van der Waals surface area contributed by atoms with Crippen molar-refractivity contribution in [2.45, 2.75) is 58.4 Å². The molecule has 4 nitrogen and oxygen atoms in total. The van der Waals surface area contributed by atoms with Gasteiger partial charge in [-0.05, 0) is 42.1 Å². The molecule has 1 heterocycles. The summed E-state index contributed by atoms with van der Waals surface area (Å²) in [4.78, 5) is 11.3. The van der Waals surface area contributed by atoms with Gasteiger partial charge in [0.1, 0.15) is 22.4 Å². The largest absolute Gasteiger partial charge is 0.369 e. The Labute approximate surface area is 130 Å². The fourth-order valence-corrected chi connectivity index (χ4v) is 3.47. The van der Waals surface area contributed by atoms with Crippen molar-refractivity contribution in [1.29, 1.82) is 0 Å². The van der Waals surface area contributed by atoms with E-state index in [1.165, 1.54) is 32.1 Å². The van der Waals surface area contributed by atoms with Crippen molar-refractivity contribution in [2.24, 2.45) is 0 Å². The lowest BCUT2D eigenvalue weighted by Crippen LogP contribution is -2.37. The normalized spacial score (nSPS) is 16.1. The molecular formula is C15H25BrN4. The van der Waals surface area contributed by atoms with Gasteiger partial charge in [0, 0.05) is 19.1 Å². The molecule has 20 heavy (non-hydrogen) atoms. The van der Waals surface area contributed by atoms with Gasteiger partial charge in [0.15, 0.2) is 0 Å². The van der Waals surface area contributed by atoms with Gasteiger partial charge in [-0.1, -0.05) is 26.2 Å². The van der Waals surface area contributed by atoms with Crippen LogP contribution in [0.3, 0.4) is 0 Å². The maximum Gasteiger partial charge on any atom is 0.148 e. The number of nitrogens with zero attached hydrogens (tertiary/aromatic N) is 3. The fraction of sp³-hybridized carbons (Fsp3) is 0.733. The highest BCUT2D eigenvalue weighted by Crippen LogP contribution is 2.33. The van der Waals surface area contributed by atoms with Crippen LogP contribution in [-0.4, -0.2) is 29.1 Å². The van der Waals surface area contributed by atoms with E-state index < -0.39 is 0 Å². The van der Waals surface area contributed by atoms with E-state index in [0.29, 0.717) is 6.04 Å². The van der Waals surface area contributed by atoms with Crippen molar-refractivity contribution in [1.82, 2.24) is 9.97 Å². The predicted octanol–water partition coefficient (Wildman–Crippen LogP) is 4.22. The van der Waals surface area contributed by atoms with Gasteiger partial charge in [0.25, 0.3) is 0 Å². The quantitative estimate of drug-likeness (QED) is 0.841. The van der Waals surface area contributed by atoms with Gasteiger partial charge in [-0.2, -0.15) is 0 Å². The zero-order valence-corrected chi connectivity index (χ0v) is 14.1. The molecule has 2 rings (SSSR count). The molecule has 1 aromatic rings. The van der Waals surface area contributed by atoms with E-state index >= 15 is 0 Å². The molecule has 0 atom stereocenters. The number of nitrogens with one attached hydrogen (secondary N) is 1. The molecule has 1 saturated carbocycles. The lowest BCUT2D eigenvalue weighted by Gasteiger charge is -2.35. The Balaban J connectivity index is 2.20. The van der Waals surface area contributed by atoms with Crippen LogP contribution in [-0.2, 0) is 0 Å². The topological polar surface area (TPSA) is 41.1 Å². The summed E-state index contributed by atoms with van der Waals surface area (Å²) in [5.74, 6) is 1.94. The van der Waals surface area contributed by atoms with Gasteiger partial charge in [-0.15, -0.1) is 0 Å². The monoisotopic (exact) mass is 340 g/mol. The van der Waals surface area contributed by atoms with Crippen LogP contribution in [0.15, 0.2) is 10.8 Å². The molecule has 1 fully saturated rings. The molecule has 5 heteroatoms. The highest BCUT2D eigenvalue weighted by Gasteiger charge is 2.23. The summed E-state index contributed by atoms with van der Waals surface area (Å²) in [6.45, 7) is 6.30. The molecule has 0 saturated heterocycles. The second kappa shape index (κ2) is 7.81. The third-order valence-electron chi connectivity index (χ3n) is 3.94. The molecule has 0 aliphatic heterocycles. The Morgan fingerprint density at radius 1 is 1.25 bits per heavy atom. The van der Waals surface area contributed by atoms with Gasteiger partial charge in [-0.25, -0.2) is 9.97 Å². The first kappa shape index (κ1) is 15.5. The van der Waals surface area contributed by atoms with E-state index in [-0.39, 0.29) is 0 Å². The first-order valence-corrected chi connectivity index (χ1v) is 8.58. The molecule has 0 spiro atoms. The number of anilines is 2. The minimum absolute atomic E-state index is 0.624. The van der Waals surface area contributed by atoms with Crippen LogP contribution in [0.5, 0.6) is 0 Å². The summed E-state index contributed by atoms with van der Waals surface area (Å²) >= 11 is 3.69. The molecule has 0 aromatic carbocycles. The predicted molar refractivity (Wildman–Crippen MR) is 88.4 cm³/mol. The molecule has 112 valence electrons. The lowest BCUT2D eigenvalue weighted by atomic mass is 9.94. The third kappa shape index (κ3) is 3.62. The maximum absolute atomic E-state index is 4.52. The summed E-state index contributed by atoms with van der Waals surface area (Å²) in [5, 5.41) is 3.36. The zero-order valence-electron chi connectivity index (χ0n) is 12.5. The Morgan fingerprint density at radius 3 is 2.65 bits per heavy atom. The van der Waals surface area contributed by atoms with Crippen LogP contribution in [0, 0.1) is 0 Å². The zero-order chi connectivity index (χ0) is 14.4. The van der Waals surface area contributed by atoms with Crippen LogP contribution < -0.4 is 10.2 Å². The number of halogens is 1. The van der Waals surface area contributed by atoms with Crippen LogP contribution in [0.4, 0.5) is 11.6 Å². The lowest BCUT2D eigenvalue weighted by molar-refractivity contribution is 0.416. The molecule has 1 aliphatic carbocycles. The first-order valence-electron chi connectivity index (χ1n) is 7.78. The third-order valence-corrected chi connectivity index (χ3v) is 4.67. The summed E-state index contributed by atoms with van der Waals surface area (Å²) in [6.07, 6.45) is 9.37. The highest BCUT2D eigenvalue weighted by molar-refractivity contribution is 9.10. The summed E-state index contributed by atoms with van der Waals surface area (Å²) in [5.41, 5.74) is 0. The summed E-state index contributed by atoms with van der Waals surface area (Å²) in [7, 11) is 0. The van der Waals surface area contributed by atoms with Crippen LogP contribution in [0.25, 0.3) is 0 Å². The molecule has 1 aliphatic rings. The second-order valence-corrected chi connectivity index (χ2v) is 6.16. The smallest absolute Gasteiger partial charge is 0.148 e. The average Bonchev–Trinajstić information content (AvgIpc) is 2.49. The highest BCUT2D eigenvalue weighted by atomic mass is 79.9. The number of hydrogen-bond donors (Lipinski definition) is 1. The average molecular weight is 341 g/mol. The maximum atomic E-state index is 4.52. The van der Waals surface area contributed by atoms with Gasteiger partial charge >= 0.3 is 0 Å². The van der Waals surface area contributed by atoms with Crippen LogP contribution in [0.2, 0.25) is 0 Å². The van der Waals surface area contributed by atoms with Gasteiger partial charge in [0.05, 0.1) is 0 Å². The summed E-state index contributed by atoms with van der Waals surface area (Å²) in [6, 6.07) is 0.624. The number of aromatic nitrogens is 2. The molecule has 1 N–H and O–H groups in total. The van der Waals surface area contributed by atoms with E-state index in [1.807, 2.05) is 0 Å². The molecule has 0 radical (unpaired) electrons. The number of hydrogen-bond acceptors (Lipinski definition) is 4.